The van der Waals surface area contributed by atoms with E-state index in [1.54, 1.807) is 6.07 Å². The maximum atomic E-state index is 11.8. The second kappa shape index (κ2) is 4.84. The Morgan fingerprint density at radius 3 is 2.75 bits per heavy atom. The van der Waals surface area contributed by atoms with Crippen LogP contribution in [0, 0.1) is 11.3 Å². The van der Waals surface area contributed by atoms with E-state index in [0.717, 1.165) is 10.8 Å². The summed E-state index contributed by atoms with van der Waals surface area (Å²) in [6.07, 6.45) is -4.48. The van der Waals surface area contributed by atoms with Crippen molar-refractivity contribution in [2.45, 2.75) is 37.1 Å². The largest absolute Gasteiger partial charge is 0.391 e. The summed E-state index contributed by atoms with van der Waals surface area (Å²) >= 11 is 0. The van der Waals surface area contributed by atoms with Crippen molar-refractivity contribution in [3.63, 3.8) is 0 Å². The van der Waals surface area contributed by atoms with Crippen LogP contribution in [0.4, 0.5) is 5.82 Å². The summed E-state index contributed by atoms with van der Waals surface area (Å²) in [4.78, 5) is 15.2. The highest BCUT2D eigenvalue weighted by Gasteiger charge is 2.58. The molecule has 0 aliphatic carbocycles. The topological polar surface area (TPSA) is 155 Å². The number of rotatable bonds is 2. The Hall–Kier alpha value is -1.99. The molecule has 1 aromatic rings. The number of ether oxygens (including phenoxy) is 1. The molecule has 9 nitrogen and oxygen atoms in total. The highest BCUT2D eigenvalue weighted by atomic mass is 16.6. The number of aromatic nitrogens is 2. The van der Waals surface area contributed by atoms with E-state index in [-0.39, 0.29) is 5.82 Å². The molecule has 0 amide bonds. The molecule has 1 saturated heterocycles. The Kier molecular flexibility index (Phi) is 3.49. The van der Waals surface area contributed by atoms with Gasteiger partial charge in [-0.05, 0) is 13.0 Å². The average molecular weight is 282 g/mol. The van der Waals surface area contributed by atoms with Gasteiger partial charge in [-0.3, -0.25) is 4.57 Å². The smallest absolute Gasteiger partial charge is 0.352 e. The van der Waals surface area contributed by atoms with E-state index in [1.807, 2.05) is 0 Å². The number of nitriles is 1. The van der Waals surface area contributed by atoms with Gasteiger partial charge in [-0.25, -0.2) is 4.79 Å². The van der Waals surface area contributed by atoms with Crippen molar-refractivity contribution >= 4 is 5.82 Å². The van der Waals surface area contributed by atoms with Crippen molar-refractivity contribution in [2.75, 3.05) is 5.73 Å². The maximum absolute atomic E-state index is 11.8. The van der Waals surface area contributed by atoms with Crippen LogP contribution in [0.25, 0.3) is 0 Å². The first kappa shape index (κ1) is 14.4. The number of nitrogen functional groups attached to an aromatic ring is 1. The average Bonchev–Trinajstić information content (AvgIpc) is 2.64. The summed E-state index contributed by atoms with van der Waals surface area (Å²) in [5, 5.41) is 38.7. The van der Waals surface area contributed by atoms with Crippen molar-refractivity contribution in [2.24, 2.45) is 0 Å². The molecule has 0 unspecified atom stereocenters. The first-order valence-electron chi connectivity index (χ1n) is 5.82. The molecule has 9 heteroatoms. The quantitative estimate of drug-likeness (QED) is 0.464. The predicted molar refractivity (Wildman–Crippen MR) is 65.1 cm³/mol. The molecule has 1 aromatic heterocycles. The van der Waals surface area contributed by atoms with Crippen LogP contribution in [0.3, 0.4) is 0 Å². The summed E-state index contributed by atoms with van der Waals surface area (Å²) in [6.45, 7) is 1.33. The summed E-state index contributed by atoms with van der Waals surface area (Å²) < 4.78 is 6.00. The van der Waals surface area contributed by atoms with E-state index in [4.69, 9.17) is 10.5 Å². The van der Waals surface area contributed by atoms with Gasteiger partial charge in [0, 0.05) is 6.20 Å². The Morgan fingerprint density at radius 2 is 2.30 bits per heavy atom. The Morgan fingerprint density at radius 1 is 1.65 bits per heavy atom. The zero-order valence-corrected chi connectivity index (χ0v) is 10.5. The molecule has 1 aliphatic rings. The number of hydrogen-bond donors (Lipinski definition) is 4. The Balaban J connectivity index is 2.56. The molecular weight excluding hydrogens is 268 g/mol. The van der Waals surface area contributed by atoms with Gasteiger partial charge < -0.3 is 25.8 Å². The van der Waals surface area contributed by atoms with Gasteiger partial charge in [-0.15, -0.1) is 0 Å². The van der Waals surface area contributed by atoms with Gasteiger partial charge in [0.1, 0.15) is 30.2 Å². The first-order chi connectivity index (χ1) is 9.33. The predicted octanol–water partition coefficient (Wildman–Crippen LogP) is -2.50. The van der Waals surface area contributed by atoms with E-state index in [1.165, 1.54) is 13.0 Å². The van der Waals surface area contributed by atoms with Gasteiger partial charge in [-0.1, -0.05) is 0 Å². The molecule has 2 heterocycles. The molecule has 0 aromatic carbocycles. The third kappa shape index (κ3) is 1.95. The SMILES string of the molecule is C[C@@H](O)[C@H]1O[C@@](C#N)(n2ccc(N)nc2=O)[C@@H](O)[C@@H]1O. The minimum absolute atomic E-state index is 0.0561. The fraction of sp³-hybridized carbons (Fsp3) is 0.545. The summed E-state index contributed by atoms with van der Waals surface area (Å²) in [6, 6.07) is 2.91. The fourth-order valence-corrected chi connectivity index (χ4v) is 2.16. The fourth-order valence-electron chi connectivity index (χ4n) is 2.16. The molecule has 0 bridgehead atoms. The van der Waals surface area contributed by atoms with Crippen LogP contribution in [-0.2, 0) is 10.5 Å². The molecule has 1 fully saturated rings. The lowest BCUT2D eigenvalue weighted by Gasteiger charge is -2.26. The van der Waals surface area contributed by atoms with Crippen molar-refractivity contribution < 1.29 is 20.1 Å². The highest BCUT2D eigenvalue weighted by molar-refractivity contribution is 5.25. The minimum atomic E-state index is -2.17. The molecule has 108 valence electrons. The lowest BCUT2D eigenvalue weighted by Crippen LogP contribution is -2.49. The standard InChI is InChI=1S/C11H14N4O5/c1-5(16)8-7(17)9(18)11(4-12,20-8)15-3-2-6(13)14-10(15)19/h2-3,5,7-9,16-18H,1H3,(H2,13,14,19)/t5-,7-,8-,9+,11-/m1/s1. The van der Waals surface area contributed by atoms with Gasteiger partial charge in [0.2, 0.25) is 0 Å². The lowest BCUT2D eigenvalue weighted by atomic mass is 10.0. The van der Waals surface area contributed by atoms with Crippen LogP contribution in [0.1, 0.15) is 6.92 Å². The third-order valence-corrected chi connectivity index (χ3v) is 3.20. The minimum Gasteiger partial charge on any atom is -0.391 e. The van der Waals surface area contributed by atoms with Crippen LogP contribution < -0.4 is 11.4 Å². The van der Waals surface area contributed by atoms with E-state index in [2.05, 4.69) is 4.98 Å². The van der Waals surface area contributed by atoms with E-state index < -0.39 is 35.8 Å². The molecular formula is C11H14N4O5. The highest BCUT2D eigenvalue weighted by Crippen LogP contribution is 2.35. The van der Waals surface area contributed by atoms with Gasteiger partial charge in [0.25, 0.3) is 5.72 Å². The second-order valence-electron chi connectivity index (χ2n) is 4.57. The van der Waals surface area contributed by atoms with Crippen molar-refractivity contribution in [1.82, 2.24) is 9.55 Å². The second-order valence-corrected chi connectivity index (χ2v) is 4.57. The molecule has 5 N–H and O–H groups in total. The molecule has 0 radical (unpaired) electrons. The van der Waals surface area contributed by atoms with Crippen LogP contribution in [0.15, 0.2) is 17.1 Å². The van der Waals surface area contributed by atoms with E-state index >= 15 is 0 Å². The van der Waals surface area contributed by atoms with Gasteiger partial charge in [0.05, 0.1) is 6.10 Å². The first-order valence-corrected chi connectivity index (χ1v) is 5.82. The third-order valence-electron chi connectivity index (χ3n) is 3.20. The van der Waals surface area contributed by atoms with Crippen LogP contribution in [0.5, 0.6) is 0 Å². The lowest BCUT2D eigenvalue weighted by molar-refractivity contribution is -0.123. The Labute approximate surface area is 113 Å². The molecule has 1 aliphatic heterocycles. The van der Waals surface area contributed by atoms with Gasteiger partial charge in [-0.2, -0.15) is 10.2 Å². The number of nitrogens with two attached hydrogens (primary N) is 1. The maximum Gasteiger partial charge on any atom is 0.352 e. The van der Waals surface area contributed by atoms with Crippen molar-refractivity contribution in [3.05, 3.63) is 22.7 Å². The van der Waals surface area contributed by atoms with Crippen LogP contribution >= 0.6 is 0 Å². The molecule has 20 heavy (non-hydrogen) atoms. The monoisotopic (exact) mass is 282 g/mol. The van der Waals surface area contributed by atoms with Crippen LogP contribution in [-0.4, -0.2) is 49.3 Å². The number of hydrogen-bond acceptors (Lipinski definition) is 8. The number of anilines is 1. The number of nitrogens with zero attached hydrogens (tertiary/aromatic N) is 3. The van der Waals surface area contributed by atoms with Crippen molar-refractivity contribution in [3.8, 4) is 6.07 Å². The van der Waals surface area contributed by atoms with E-state index in [0.29, 0.717) is 0 Å². The zero-order chi connectivity index (χ0) is 15.1. The van der Waals surface area contributed by atoms with E-state index in [9.17, 15) is 25.4 Å². The van der Waals surface area contributed by atoms with Crippen molar-refractivity contribution in [1.29, 1.82) is 5.26 Å². The summed E-state index contributed by atoms with van der Waals surface area (Å²) in [5.41, 5.74) is 2.27. The molecule has 5 atom stereocenters. The normalized spacial score (nSPS) is 34.6. The summed E-state index contributed by atoms with van der Waals surface area (Å²) in [7, 11) is 0. The Bertz CT molecular complexity index is 610. The number of aliphatic hydroxyl groups excluding tert-OH is 3. The van der Waals surface area contributed by atoms with Gasteiger partial charge >= 0.3 is 5.69 Å². The molecule has 0 spiro atoms. The summed E-state index contributed by atoms with van der Waals surface area (Å²) in [5.74, 6) is -0.0561. The van der Waals surface area contributed by atoms with Crippen LogP contribution in [0.2, 0.25) is 0 Å². The zero-order valence-electron chi connectivity index (χ0n) is 10.5. The molecule has 2 rings (SSSR count). The van der Waals surface area contributed by atoms with Gasteiger partial charge in [0.15, 0.2) is 0 Å². The number of aliphatic hydroxyl groups is 3. The molecule has 0 saturated carbocycles.